The molecule has 0 atom stereocenters. The minimum Gasteiger partial charge on any atom is -0.244 e. The summed E-state index contributed by atoms with van der Waals surface area (Å²) in [4.78, 5) is 4.30. The van der Waals surface area contributed by atoms with Gasteiger partial charge in [-0.05, 0) is 31.9 Å². The van der Waals surface area contributed by atoms with Crippen LogP contribution in [0.25, 0.3) is 11.3 Å². The molecule has 2 aromatic rings. The van der Waals surface area contributed by atoms with E-state index in [-0.39, 0.29) is 0 Å². The summed E-state index contributed by atoms with van der Waals surface area (Å²) < 4.78 is 0. The first-order chi connectivity index (χ1) is 6.68. The zero-order valence-corrected chi connectivity index (χ0v) is 9.40. The van der Waals surface area contributed by atoms with E-state index in [4.69, 9.17) is 0 Å². The van der Waals surface area contributed by atoms with Crippen LogP contribution in [0.2, 0.25) is 0 Å². The van der Waals surface area contributed by atoms with Gasteiger partial charge in [-0.3, -0.25) is 0 Å². The van der Waals surface area contributed by atoms with Crippen molar-refractivity contribution >= 4 is 11.3 Å². The molecule has 1 radical (unpaired) electrons. The second-order valence-electron chi connectivity index (χ2n) is 3.58. The minimum absolute atomic E-state index is 0.977. The number of aromatic nitrogens is 1. The molecule has 0 spiro atoms. The fourth-order valence-electron chi connectivity index (χ4n) is 1.86. The highest BCUT2D eigenvalue weighted by atomic mass is 32.1. The Morgan fingerprint density at radius 1 is 1.14 bits per heavy atom. The molecule has 0 saturated heterocycles. The number of nitrogens with zero attached hydrogens (tertiary/aromatic N) is 1. The lowest BCUT2D eigenvalue weighted by Crippen LogP contribution is -1.89. The molecule has 0 N–H and O–H groups in total. The number of rotatable bonds is 1. The van der Waals surface area contributed by atoms with Crippen molar-refractivity contribution in [1.29, 1.82) is 0 Å². The van der Waals surface area contributed by atoms with Gasteiger partial charge in [0.05, 0.1) is 16.6 Å². The van der Waals surface area contributed by atoms with Crippen molar-refractivity contribution < 1.29 is 0 Å². The monoisotopic (exact) mass is 202 g/mol. The molecule has 0 amide bonds. The number of hydrogen-bond donors (Lipinski definition) is 0. The molecule has 1 heterocycles. The largest absolute Gasteiger partial charge is 0.244 e. The molecule has 2 rings (SSSR count). The molecule has 2 heteroatoms. The van der Waals surface area contributed by atoms with Crippen LogP contribution in [0.4, 0.5) is 0 Å². The highest BCUT2D eigenvalue weighted by molar-refractivity contribution is 7.07. The van der Waals surface area contributed by atoms with Crippen molar-refractivity contribution in [2.75, 3.05) is 0 Å². The molecule has 0 fully saturated rings. The molecule has 1 nitrogen and oxygen atoms in total. The second kappa shape index (κ2) is 3.54. The van der Waals surface area contributed by atoms with Crippen LogP contribution in [0.5, 0.6) is 0 Å². The molecular weight excluding hydrogens is 190 g/mol. The molecule has 0 unspecified atom stereocenters. The van der Waals surface area contributed by atoms with E-state index in [9.17, 15) is 0 Å². The zero-order chi connectivity index (χ0) is 10.1. The molecular formula is C12H12NS. The van der Waals surface area contributed by atoms with Crippen molar-refractivity contribution in [1.82, 2.24) is 4.98 Å². The Labute approximate surface area is 88.4 Å². The zero-order valence-electron chi connectivity index (χ0n) is 8.59. The summed E-state index contributed by atoms with van der Waals surface area (Å²) in [6.45, 7) is 6.37. The lowest BCUT2D eigenvalue weighted by atomic mass is 9.98. The summed E-state index contributed by atoms with van der Waals surface area (Å²) in [7, 11) is 0. The van der Waals surface area contributed by atoms with Crippen LogP contribution in [0, 0.1) is 26.2 Å². The van der Waals surface area contributed by atoms with E-state index < -0.39 is 0 Å². The topological polar surface area (TPSA) is 12.9 Å². The van der Waals surface area contributed by atoms with Gasteiger partial charge in [-0.15, -0.1) is 11.3 Å². The standard InChI is InChI=1S/C12H12NS/c1-8-4-9(2)12(10(3)5-8)11-6-14-7-13-11/h4-5,7H,1-3H3. The SMILES string of the molecule is Cc1cc(C)c(-c2[c]scn2)c(C)c1. The molecule has 14 heavy (non-hydrogen) atoms. The summed E-state index contributed by atoms with van der Waals surface area (Å²) in [5, 5.41) is 3.19. The smallest absolute Gasteiger partial charge is 0.0904 e. The van der Waals surface area contributed by atoms with Gasteiger partial charge in [0, 0.05) is 5.56 Å². The Hall–Kier alpha value is -1.15. The number of thiazole rings is 1. The van der Waals surface area contributed by atoms with Crippen LogP contribution in [-0.4, -0.2) is 4.98 Å². The molecule has 0 aliphatic heterocycles. The highest BCUT2D eigenvalue weighted by Gasteiger charge is 2.07. The Morgan fingerprint density at radius 2 is 1.79 bits per heavy atom. The first kappa shape index (κ1) is 9.41. The van der Waals surface area contributed by atoms with Crippen molar-refractivity contribution in [2.24, 2.45) is 0 Å². The average molecular weight is 202 g/mol. The lowest BCUT2D eigenvalue weighted by molar-refractivity contribution is 1.29. The van der Waals surface area contributed by atoms with Crippen molar-refractivity contribution in [3.63, 3.8) is 0 Å². The average Bonchev–Trinajstić information content (AvgIpc) is 2.54. The predicted octanol–water partition coefficient (Wildman–Crippen LogP) is 3.54. The van der Waals surface area contributed by atoms with Gasteiger partial charge in [-0.2, -0.15) is 0 Å². The first-order valence-electron chi connectivity index (χ1n) is 4.58. The number of benzene rings is 1. The van der Waals surface area contributed by atoms with Gasteiger partial charge in [0.1, 0.15) is 0 Å². The van der Waals surface area contributed by atoms with Gasteiger partial charge in [0.2, 0.25) is 0 Å². The molecule has 0 aliphatic rings. The molecule has 0 bridgehead atoms. The Morgan fingerprint density at radius 3 is 2.29 bits per heavy atom. The van der Waals surface area contributed by atoms with Crippen LogP contribution in [-0.2, 0) is 0 Å². The molecule has 1 aromatic carbocycles. The van der Waals surface area contributed by atoms with Crippen molar-refractivity contribution in [2.45, 2.75) is 20.8 Å². The Bertz CT molecular complexity index is 420. The minimum atomic E-state index is 0.977. The van der Waals surface area contributed by atoms with Gasteiger partial charge in [0.25, 0.3) is 0 Å². The summed E-state index contributed by atoms with van der Waals surface area (Å²) in [6.07, 6.45) is 0. The van der Waals surface area contributed by atoms with Crippen molar-refractivity contribution in [3.8, 4) is 11.3 Å². The second-order valence-corrected chi connectivity index (χ2v) is 4.23. The van der Waals surface area contributed by atoms with Gasteiger partial charge in [-0.1, -0.05) is 17.7 Å². The van der Waals surface area contributed by atoms with Crippen LogP contribution in [0.1, 0.15) is 16.7 Å². The predicted molar refractivity (Wildman–Crippen MR) is 60.6 cm³/mol. The molecule has 0 aliphatic carbocycles. The van der Waals surface area contributed by atoms with E-state index in [0.717, 1.165) is 5.69 Å². The van der Waals surface area contributed by atoms with Crippen LogP contribution in [0.15, 0.2) is 17.6 Å². The maximum atomic E-state index is 4.30. The summed E-state index contributed by atoms with van der Waals surface area (Å²) in [6, 6.07) is 4.38. The normalized spacial score (nSPS) is 10.5. The maximum Gasteiger partial charge on any atom is 0.0904 e. The van der Waals surface area contributed by atoms with Crippen molar-refractivity contribution in [3.05, 3.63) is 39.7 Å². The molecule has 1 aromatic heterocycles. The summed E-state index contributed by atoms with van der Waals surface area (Å²) in [5.74, 6) is 0. The first-order valence-corrected chi connectivity index (χ1v) is 5.46. The maximum absolute atomic E-state index is 4.30. The Balaban J connectivity index is 2.64. The van der Waals surface area contributed by atoms with Gasteiger partial charge in [-0.25, -0.2) is 4.98 Å². The van der Waals surface area contributed by atoms with E-state index in [0.29, 0.717) is 0 Å². The van der Waals surface area contributed by atoms with Crippen LogP contribution < -0.4 is 0 Å². The summed E-state index contributed by atoms with van der Waals surface area (Å²) >= 11 is 1.52. The third kappa shape index (κ3) is 1.58. The molecule has 71 valence electrons. The third-order valence-corrected chi connectivity index (χ3v) is 2.83. The third-order valence-electron chi connectivity index (χ3n) is 2.30. The number of hydrogen-bond acceptors (Lipinski definition) is 2. The fourth-order valence-corrected chi connectivity index (χ4v) is 2.33. The van der Waals surface area contributed by atoms with Crippen LogP contribution >= 0.6 is 11.3 Å². The van der Waals surface area contributed by atoms with Gasteiger partial charge < -0.3 is 0 Å². The van der Waals surface area contributed by atoms with E-state index >= 15 is 0 Å². The molecule has 0 saturated carbocycles. The lowest BCUT2D eigenvalue weighted by Gasteiger charge is -2.08. The van der Waals surface area contributed by atoms with Gasteiger partial charge in [0.15, 0.2) is 0 Å². The fraction of sp³-hybridized carbons (Fsp3) is 0.250. The van der Waals surface area contributed by atoms with E-state index in [1.54, 1.807) is 0 Å². The highest BCUT2D eigenvalue weighted by Crippen LogP contribution is 2.27. The Kier molecular flexibility index (Phi) is 2.38. The van der Waals surface area contributed by atoms with E-state index in [2.05, 4.69) is 43.3 Å². The quantitative estimate of drug-likeness (QED) is 0.689. The van der Waals surface area contributed by atoms with Gasteiger partial charge >= 0.3 is 0 Å². The van der Waals surface area contributed by atoms with Crippen LogP contribution in [0.3, 0.4) is 0 Å². The number of aryl methyl sites for hydroxylation is 3. The van der Waals surface area contributed by atoms with E-state index in [1.165, 1.54) is 33.6 Å². The summed E-state index contributed by atoms with van der Waals surface area (Å²) in [5.41, 5.74) is 7.91. The van der Waals surface area contributed by atoms with E-state index in [1.807, 2.05) is 5.51 Å².